The first kappa shape index (κ1) is 19.2. The van der Waals surface area contributed by atoms with Crippen LogP contribution in [0.5, 0.6) is 0 Å². The van der Waals surface area contributed by atoms with E-state index in [1.54, 1.807) is 0 Å². The van der Waals surface area contributed by atoms with Crippen molar-refractivity contribution in [2.45, 2.75) is 53.4 Å². The molecule has 16 heavy (non-hydrogen) atoms. The standard InChI is InChI=1S/C13H24O2.K/c1-5-10(6-2)12(14)9-13(15)11(7-3)8-4;/h9-11,14H,5-8H2,1-4H3;/q;+1/p-1/b12-9-;. The van der Waals surface area contributed by atoms with Crippen LogP contribution in [0.1, 0.15) is 53.4 Å². The van der Waals surface area contributed by atoms with Gasteiger partial charge in [-0.3, -0.25) is 4.79 Å². The van der Waals surface area contributed by atoms with Gasteiger partial charge in [0.2, 0.25) is 0 Å². The van der Waals surface area contributed by atoms with Gasteiger partial charge in [0, 0.05) is 5.92 Å². The summed E-state index contributed by atoms with van der Waals surface area (Å²) in [6, 6.07) is 0. The molecule has 0 aromatic rings. The van der Waals surface area contributed by atoms with Crippen molar-refractivity contribution in [1.29, 1.82) is 0 Å². The Bertz CT molecular complexity index is 216. The summed E-state index contributed by atoms with van der Waals surface area (Å²) in [5.74, 6) is 0.0837. The van der Waals surface area contributed by atoms with E-state index in [0.29, 0.717) is 0 Å². The van der Waals surface area contributed by atoms with Gasteiger partial charge in [-0.1, -0.05) is 40.5 Å². The first-order valence-corrected chi connectivity index (χ1v) is 6.02. The van der Waals surface area contributed by atoms with E-state index in [1.165, 1.54) is 6.08 Å². The van der Waals surface area contributed by atoms with E-state index in [0.717, 1.165) is 25.7 Å². The van der Waals surface area contributed by atoms with Crippen LogP contribution in [-0.2, 0) is 4.79 Å². The van der Waals surface area contributed by atoms with Gasteiger partial charge >= 0.3 is 51.4 Å². The minimum Gasteiger partial charge on any atom is -0.875 e. The summed E-state index contributed by atoms with van der Waals surface area (Å²) in [5.41, 5.74) is 0. The Hall–Kier alpha value is 0.846. The van der Waals surface area contributed by atoms with Crippen LogP contribution in [0.25, 0.3) is 0 Å². The molecule has 0 bridgehead atoms. The number of allylic oxidation sites excluding steroid dienone is 2. The Balaban J connectivity index is 0. The predicted octanol–water partition coefficient (Wildman–Crippen LogP) is -0.324. The third-order valence-electron chi connectivity index (χ3n) is 3.06. The van der Waals surface area contributed by atoms with E-state index >= 15 is 0 Å². The summed E-state index contributed by atoms with van der Waals surface area (Å²) in [5, 5.41) is 11.7. The summed E-state index contributed by atoms with van der Waals surface area (Å²) < 4.78 is 0. The number of hydrogen-bond acceptors (Lipinski definition) is 2. The van der Waals surface area contributed by atoms with Crippen LogP contribution in [0.4, 0.5) is 0 Å². The van der Waals surface area contributed by atoms with Crippen molar-refractivity contribution in [3.63, 3.8) is 0 Å². The summed E-state index contributed by atoms with van der Waals surface area (Å²) >= 11 is 0. The second kappa shape index (κ2) is 11.0. The summed E-state index contributed by atoms with van der Waals surface area (Å²) in [7, 11) is 0. The van der Waals surface area contributed by atoms with Gasteiger partial charge in [0.05, 0.1) is 0 Å². The molecule has 0 aliphatic rings. The number of carbonyl (C=O) groups is 1. The zero-order chi connectivity index (χ0) is 11.8. The Morgan fingerprint density at radius 2 is 1.38 bits per heavy atom. The van der Waals surface area contributed by atoms with E-state index in [2.05, 4.69) is 0 Å². The van der Waals surface area contributed by atoms with Crippen molar-refractivity contribution in [2.75, 3.05) is 0 Å². The third kappa shape index (κ3) is 6.55. The molecule has 0 aromatic heterocycles. The van der Waals surface area contributed by atoms with Crippen molar-refractivity contribution in [3.8, 4) is 0 Å². The van der Waals surface area contributed by atoms with Crippen LogP contribution >= 0.6 is 0 Å². The summed E-state index contributed by atoms with van der Waals surface area (Å²) in [6.07, 6.45) is 4.61. The molecule has 0 amide bonds. The third-order valence-corrected chi connectivity index (χ3v) is 3.06. The number of hydrogen-bond donors (Lipinski definition) is 0. The summed E-state index contributed by atoms with van der Waals surface area (Å²) in [6.45, 7) is 7.95. The second-order valence-corrected chi connectivity index (χ2v) is 3.98. The molecular formula is C13H23KO2. The molecule has 3 heteroatoms. The number of rotatable bonds is 7. The molecule has 0 N–H and O–H groups in total. The zero-order valence-corrected chi connectivity index (χ0v) is 14.5. The minimum absolute atomic E-state index is 0. The fraction of sp³-hybridized carbons (Fsp3) is 0.769. The average molecular weight is 250 g/mol. The SMILES string of the molecule is CCC(CC)C(=O)/C=C(\[O-])C(CC)CC.[K+]. The number of ketones is 1. The summed E-state index contributed by atoms with van der Waals surface area (Å²) in [4.78, 5) is 11.7. The Morgan fingerprint density at radius 3 is 1.69 bits per heavy atom. The fourth-order valence-electron chi connectivity index (χ4n) is 1.76. The topological polar surface area (TPSA) is 40.1 Å². The molecule has 0 unspecified atom stereocenters. The van der Waals surface area contributed by atoms with Crippen molar-refractivity contribution in [1.82, 2.24) is 0 Å². The molecule has 0 aromatic carbocycles. The maximum Gasteiger partial charge on any atom is 1.00 e. The molecule has 0 fully saturated rings. The van der Waals surface area contributed by atoms with Crippen molar-refractivity contribution >= 4 is 5.78 Å². The van der Waals surface area contributed by atoms with Crippen molar-refractivity contribution in [2.24, 2.45) is 11.8 Å². The van der Waals surface area contributed by atoms with E-state index in [-0.39, 0.29) is 74.8 Å². The second-order valence-electron chi connectivity index (χ2n) is 3.98. The molecule has 0 radical (unpaired) electrons. The quantitative estimate of drug-likeness (QED) is 0.353. The first-order valence-electron chi connectivity index (χ1n) is 6.02. The smallest absolute Gasteiger partial charge is 0.875 e. The Morgan fingerprint density at radius 1 is 1.00 bits per heavy atom. The van der Waals surface area contributed by atoms with Crippen LogP contribution in [-0.4, -0.2) is 5.78 Å². The van der Waals surface area contributed by atoms with Gasteiger partial charge in [-0.15, -0.1) is 5.76 Å². The van der Waals surface area contributed by atoms with E-state index < -0.39 is 0 Å². The molecule has 0 rings (SSSR count). The zero-order valence-electron chi connectivity index (χ0n) is 11.4. The molecule has 0 spiro atoms. The predicted molar refractivity (Wildman–Crippen MR) is 61.2 cm³/mol. The fourth-order valence-corrected chi connectivity index (χ4v) is 1.76. The normalized spacial score (nSPS) is 11.8. The molecule has 88 valence electrons. The molecule has 2 nitrogen and oxygen atoms in total. The van der Waals surface area contributed by atoms with Crippen LogP contribution < -0.4 is 56.5 Å². The van der Waals surface area contributed by atoms with Gasteiger partial charge in [0.1, 0.15) is 0 Å². The minimum atomic E-state index is 0. The van der Waals surface area contributed by atoms with Gasteiger partial charge < -0.3 is 5.11 Å². The van der Waals surface area contributed by atoms with E-state index in [4.69, 9.17) is 0 Å². The van der Waals surface area contributed by atoms with Gasteiger partial charge in [0.15, 0.2) is 5.78 Å². The molecule has 0 saturated heterocycles. The van der Waals surface area contributed by atoms with E-state index in [9.17, 15) is 9.90 Å². The molecule has 0 atom stereocenters. The average Bonchev–Trinajstić information content (AvgIpc) is 2.21. The largest absolute Gasteiger partial charge is 1.00 e. The van der Waals surface area contributed by atoms with Crippen LogP contribution in [0.3, 0.4) is 0 Å². The monoisotopic (exact) mass is 250 g/mol. The Kier molecular flexibility index (Phi) is 13.2. The van der Waals surface area contributed by atoms with Gasteiger partial charge in [0.25, 0.3) is 0 Å². The van der Waals surface area contributed by atoms with Crippen molar-refractivity contribution < 1.29 is 61.3 Å². The first-order chi connectivity index (χ1) is 7.10. The molecule has 0 saturated carbocycles. The maximum absolute atomic E-state index is 11.7. The van der Waals surface area contributed by atoms with Crippen LogP contribution in [0.15, 0.2) is 11.8 Å². The van der Waals surface area contributed by atoms with Gasteiger partial charge in [-0.2, -0.15) is 0 Å². The van der Waals surface area contributed by atoms with Gasteiger partial charge in [-0.05, 0) is 24.8 Å². The molecule has 0 heterocycles. The molecule has 0 aliphatic carbocycles. The molecular weight excluding hydrogens is 227 g/mol. The van der Waals surface area contributed by atoms with Crippen LogP contribution in [0, 0.1) is 11.8 Å². The Labute approximate surface area is 142 Å². The molecule has 0 aliphatic heterocycles. The maximum atomic E-state index is 11.7. The van der Waals surface area contributed by atoms with Crippen LogP contribution in [0.2, 0.25) is 0 Å². The number of carbonyl (C=O) groups excluding carboxylic acids is 1. The van der Waals surface area contributed by atoms with Crippen molar-refractivity contribution in [3.05, 3.63) is 11.8 Å². The van der Waals surface area contributed by atoms with Gasteiger partial charge in [-0.25, -0.2) is 0 Å². The van der Waals surface area contributed by atoms with E-state index in [1.807, 2.05) is 27.7 Å².